The second kappa shape index (κ2) is 8.64. The molecule has 28 heavy (non-hydrogen) atoms. The number of aromatic nitrogens is 2. The summed E-state index contributed by atoms with van der Waals surface area (Å²) in [6.07, 6.45) is 0.810. The predicted molar refractivity (Wildman–Crippen MR) is 109 cm³/mol. The Kier molecular flexibility index (Phi) is 6.92. The van der Waals surface area contributed by atoms with Crippen molar-refractivity contribution in [1.82, 2.24) is 19.2 Å². The molecule has 0 radical (unpaired) electrons. The van der Waals surface area contributed by atoms with Crippen LogP contribution in [0.2, 0.25) is 0 Å². The van der Waals surface area contributed by atoms with Crippen molar-refractivity contribution in [3.05, 3.63) is 28.7 Å². The number of fused-ring (bicyclic) bond motifs is 1. The maximum absolute atomic E-state index is 12.9. The molecular weight excluding hydrogens is 406 g/mol. The first kappa shape index (κ1) is 22.4. The van der Waals surface area contributed by atoms with E-state index < -0.39 is 16.1 Å². The quantitative estimate of drug-likeness (QED) is 0.633. The van der Waals surface area contributed by atoms with Gasteiger partial charge in [0.1, 0.15) is 0 Å². The standard InChI is InChI=1S/C17H25N5O4S.ClH/c1-3-11(2)15(18)16(23)21-6-8-22(9-7-21)27(25,26)12-4-5-13-14(10-12)20-17(24)19-13;/h4-5,10-11,15H,3,6-9,18H2,1-2H3,(H2,19,20,24);1H. The zero-order valence-electron chi connectivity index (χ0n) is 15.8. The molecule has 1 aromatic heterocycles. The van der Waals surface area contributed by atoms with Crippen LogP contribution in [0.15, 0.2) is 27.9 Å². The summed E-state index contributed by atoms with van der Waals surface area (Å²) in [5.74, 6) is -0.0535. The summed E-state index contributed by atoms with van der Waals surface area (Å²) < 4.78 is 27.2. The number of imidazole rings is 1. The molecule has 3 rings (SSSR count). The minimum absolute atomic E-state index is 0. The zero-order chi connectivity index (χ0) is 19.8. The number of rotatable bonds is 5. The van der Waals surface area contributed by atoms with Gasteiger partial charge in [0.2, 0.25) is 15.9 Å². The summed E-state index contributed by atoms with van der Waals surface area (Å²) in [5, 5.41) is 0. The molecular formula is C17H26ClN5O4S. The van der Waals surface area contributed by atoms with Gasteiger partial charge in [-0.1, -0.05) is 20.3 Å². The SMILES string of the molecule is CCC(C)C(N)C(=O)N1CCN(S(=O)(=O)c2ccc3[nH]c(=O)[nH]c3c2)CC1.Cl. The van der Waals surface area contributed by atoms with E-state index in [-0.39, 0.29) is 47.9 Å². The van der Waals surface area contributed by atoms with Gasteiger partial charge in [0, 0.05) is 26.2 Å². The third kappa shape index (κ3) is 4.24. The molecule has 2 unspecified atom stereocenters. The monoisotopic (exact) mass is 431 g/mol. The van der Waals surface area contributed by atoms with Crippen LogP contribution >= 0.6 is 12.4 Å². The molecule has 1 fully saturated rings. The average Bonchev–Trinajstić information content (AvgIpc) is 3.05. The Morgan fingerprint density at radius 3 is 2.39 bits per heavy atom. The lowest BCUT2D eigenvalue weighted by atomic mass is 9.99. The van der Waals surface area contributed by atoms with Crippen LogP contribution in [0.5, 0.6) is 0 Å². The number of nitrogens with zero attached hydrogens (tertiary/aromatic N) is 2. The van der Waals surface area contributed by atoms with Crippen molar-refractivity contribution in [3.63, 3.8) is 0 Å². The van der Waals surface area contributed by atoms with Crippen LogP contribution in [0.1, 0.15) is 20.3 Å². The Bertz CT molecular complexity index is 994. The van der Waals surface area contributed by atoms with Crippen LogP contribution in [0.4, 0.5) is 0 Å². The van der Waals surface area contributed by atoms with Gasteiger partial charge in [0.05, 0.1) is 22.0 Å². The summed E-state index contributed by atoms with van der Waals surface area (Å²) in [6, 6.07) is 3.91. The molecule has 2 heterocycles. The topological polar surface area (TPSA) is 132 Å². The van der Waals surface area contributed by atoms with Crippen LogP contribution in [0, 0.1) is 5.92 Å². The van der Waals surface area contributed by atoms with Gasteiger partial charge in [0.15, 0.2) is 0 Å². The molecule has 0 aliphatic carbocycles. The number of piperazine rings is 1. The van der Waals surface area contributed by atoms with E-state index in [0.717, 1.165) is 6.42 Å². The first-order valence-corrected chi connectivity index (χ1v) is 10.4. The second-order valence-electron chi connectivity index (χ2n) is 6.93. The molecule has 156 valence electrons. The molecule has 1 aliphatic heterocycles. The first-order valence-electron chi connectivity index (χ1n) is 9.00. The van der Waals surface area contributed by atoms with Crippen molar-refractivity contribution in [2.75, 3.05) is 26.2 Å². The third-order valence-electron chi connectivity index (χ3n) is 5.22. The van der Waals surface area contributed by atoms with Crippen LogP contribution in [0.25, 0.3) is 11.0 Å². The molecule has 1 aliphatic rings. The lowest BCUT2D eigenvalue weighted by molar-refractivity contribution is -0.134. The van der Waals surface area contributed by atoms with E-state index in [4.69, 9.17) is 5.73 Å². The van der Waals surface area contributed by atoms with E-state index in [2.05, 4.69) is 9.97 Å². The number of hydrogen-bond acceptors (Lipinski definition) is 5. The highest BCUT2D eigenvalue weighted by Crippen LogP contribution is 2.21. The number of nitrogens with one attached hydrogen (secondary N) is 2. The summed E-state index contributed by atoms with van der Waals surface area (Å²) in [5.41, 5.74) is 6.62. The smallest absolute Gasteiger partial charge is 0.323 e. The van der Waals surface area contributed by atoms with Gasteiger partial charge in [0.25, 0.3) is 0 Å². The van der Waals surface area contributed by atoms with Gasteiger partial charge in [-0.3, -0.25) is 4.79 Å². The number of benzene rings is 1. The molecule has 11 heteroatoms. The van der Waals surface area contributed by atoms with E-state index in [1.807, 2.05) is 13.8 Å². The van der Waals surface area contributed by atoms with Crippen molar-refractivity contribution in [2.45, 2.75) is 31.2 Å². The fourth-order valence-electron chi connectivity index (χ4n) is 3.18. The maximum Gasteiger partial charge on any atom is 0.323 e. The van der Waals surface area contributed by atoms with Crippen LogP contribution in [-0.2, 0) is 14.8 Å². The number of amides is 1. The molecule has 1 amide bonds. The largest absolute Gasteiger partial charge is 0.339 e. The van der Waals surface area contributed by atoms with Gasteiger partial charge in [-0.15, -0.1) is 12.4 Å². The number of H-pyrrole nitrogens is 2. The van der Waals surface area contributed by atoms with Crippen molar-refractivity contribution >= 4 is 39.4 Å². The lowest BCUT2D eigenvalue weighted by Crippen LogP contribution is -2.55. The molecule has 4 N–H and O–H groups in total. The first-order chi connectivity index (χ1) is 12.7. The highest BCUT2D eigenvalue weighted by molar-refractivity contribution is 7.89. The molecule has 9 nitrogen and oxygen atoms in total. The maximum atomic E-state index is 12.9. The van der Waals surface area contributed by atoms with Crippen molar-refractivity contribution in [3.8, 4) is 0 Å². The summed E-state index contributed by atoms with van der Waals surface area (Å²) in [4.78, 5) is 30.7. The Morgan fingerprint density at radius 2 is 1.79 bits per heavy atom. The number of carbonyl (C=O) groups is 1. The van der Waals surface area contributed by atoms with Gasteiger partial charge < -0.3 is 20.6 Å². The zero-order valence-corrected chi connectivity index (χ0v) is 17.5. The lowest BCUT2D eigenvalue weighted by Gasteiger charge is -2.36. The number of hydrogen-bond donors (Lipinski definition) is 3. The van der Waals surface area contributed by atoms with Gasteiger partial charge in [-0.25, -0.2) is 13.2 Å². The Hall–Kier alpha value is -1.88. The van der Waals surface area contributed by atoms with E-state index in [9.17, 15) is 18.0 Å². The van der Waals surface area contributed by atoms with Crippen molar-refractivity contribution in [2.24, 2.45) is 11.7 Å². The predicted octanol–water partition coefficient (Wildman–Crippen LogP) is 0.484. The number of carbonyl (C=O) groups excluding carboxylic acids is 1. The summed E-state index contributed by atoms with van der Waals surface area (Å²) in [6.45, 7) is 4.96. The Balaban J connectivity index is 0.00000280. The minimum atomic E-state index is -3.71. The molecule has 0 spiro atoms. The van der Waals surface area contributed by atoms with E-state index >= 15 is 0 Å². The number of sulfonamides is 1. The van der Waals surface area contributed by atoms with Crippen molar-refractivity contribution < 1.29 is 13.2 Å². The second-order valence-corrected chi connectivity index (χ2v) is 8.87. The van der Waals surface area contributed by atoms with Crippen LogP contribution in [-0.4, -0.2) is 65.7 Å². The average molecular weight is 432 g/mol. The highest BCUT2D eigenvalue weighted by atomic mass is 35.5. The Morgan fingerprint density at radius 1 is 1.18 bits per heavy atom. The molecule has 1 aromatic carbocycles. The molecule has 2 atom stereocenters. The normalized spacial score (nSPS) is 17.9. The fraction of sp³-hybridized carbons (Fsp3) is 0.529. The summed E-state index contributed by atoms with van der Waals surface area (Å²) in [7, 11) is -3.71. The number of halogens is 1. The molecule has 1 saturated heterocycles. The van der Waals surface area contributed by atoms with Crippen LogP contribution < -0.4 is 11.4 Å². The van der Waals surface area contributed by atoms with Gasteiger partial charge in [-0.2, -0.15) is 4.31 Å². The number of aromatic amines is 2. The highest BCUT2D eigenvalue weighted by Gasteiger charge is 2.32. The molecule has 0 saturated carbocycles. The number of nitrogens with two attached hydrogens (primary N) is 1. The fourth-order valence-corrected chi connectivity index (χ4v) is 4.63. The Labute approximate surface area is 169 Å². The molecule has 2 aromatic rings. The van der Waals surface area contributed by atoms with E-state index in [1.54, 1.807) is 11.0 Å². The van der Waals surface area contributed by atoms with Crippen LogP contribution in [0.3, 0.4) is 0 Å². The van der Waals surface area contributed by atoms with Crippen molar-refractivity contribution in [1.29, 1.82) is 0 Å². The minimum Gasteiger partial charge on any atom is -0.339 e. The van der Waals surface area contributed by atoms with Gasteiger partial charge in [-0.05, 0) is 24.1 Å². The molecule has 0 bridgehead atoms. The van der Waals surface area contributed by atoms with E-state index in [1.165, 1.54) is 16.4 Å². The van der Waals surface area contributed by atoms with E-state index in [0.29, 0.717) is 24.1 Å². The summed E-state index contributed by atoms with van der Waals surface area (Å²) >= 11 is 0. The third-order valence-corrected chi connectivity index (χ3v) is 7.11. The van der Waals surface area contributed by atoms with Gasteiger partial charge >= 0.3 is 5.69 Å².